The zero-order valence-corrected chi connectivity index (χ0v) is 7.74. The Morgan fingerprint density at radius 3 is 2.60 bits per heavy atom. The molecule has 2 aliphatic rings. The minimum Gasteiger partial charge on any atom is -0.480 e. The van der Waals surface area contributed by atoms with E-state index in [1.807, 2.05) is 0 Å². The van der Waals surface area contributed by atoms with Gasteiger partial charge in [-0.3, -0.25) is 4.79 Å². The van der Waals surface area contributed by atoms with Gasteiger partial charge in [0.2, 0.25) is 0 Å². The van der Waals surface area contributed by atoms with Crippen LogP contribution in [0.25, 0.3) is 0 Å². The fraction of sp³-hybridized carbons (Fsp3) is 0.750. The van der Waals surface area contributed by atoms with E-state index in [0.717, 1.165) is 0 Å². The highest BCUT2D eigenvalue weighted by atomic mass is 16.5. The van der Waals surface area contributed by atoms with Gasteiger partial charge < -0.3 is 26.3 Å². The van der Waals surface area contributed by atoms with Gasteiger partial charge in [0.05, 0.1) is 5.71 Å². The lowest BCUT2D eigenvalue weighted by Gasteiger charge is -2.22. The summed E-state index contributed by atoms with van der Waals surface area (Å²) in [5, 5.41) is 38.6. The molecule has 2 rings (SSSR count). The van der Waals surface area contributed by atoms with Gasteiger partial charge in [-0.15, -0.1) is 0 Å². The van der Waals surface area contributed by atoms with Gasteiger partial charge in [0.1, 0.15) is 5.54 Å². The van der Waals surface area contributed by atoms with Gasteiger partial charge in [0, 0.05) is 24.2 Å². The molecule has 0 radical (unpaired) electrons. The number of carbonyl (C=O) groups is 1. The number of hydrogen-bond donors (Lipinski definition) is 5. The van der Waals surface area contributed by atoms with Crippen molar-refractivity contribution in [3.05, 3.63) is 0 Å². The fourth-order valence-electron chi connectivity index (χ4n) is 2.65. The number of aliphatic hydroxyl groups excluding tert-OH is 1. The van der Waals surface area contributed by atoms with Crippen LogP contribution in [0.15, 0.2) is 5.16 Å². The van der Waals surface area contributed by atoms with Crippen molar-refractivity contribution >= 4 is 11.7 Å². The summed E-state index contributed by atoms with van der Waals surface area (Å²) in [5.74, 6) is -2.82. The number of rotatable bonds is 2. The Kier molecular flexibility index (Phi) is 2.00. The Hall–Kier alpha value is -1.18. The Morgan fingerprint density at radius 2 is 2.20 bits per heavy atom. The van der Waals surface area contributed by atoms with Crippen LogP contribution in [0.2, 0.25) is 0 Å². The van der Waals surface area contributed by atoms with Crippen LogP contribution in [0.5, 0.6) is 0 Å². The van der Waals surface area contributed by atoms with E-state index in [0.29, 0.717) is 0 Å². The number of aliphatic hydroxyl groups is 2. The van der Waals surface area contributed by atoms with E-state index in [-0.39, 0.29) is 12.1 Å². The molecule has 0 bridgehead atoms. The Labute approximate surface area is 84.8 Å². The summed E-state index contributed by atoms with van der Waals surface area (Å²) in [4.78, 5) is 11.0. The van der Waals surface area contributed by atoms with E-state index in [2.05, 4.69) is 5.16 Å². The number of carboxylic acid groups (broad SMARTS) is 1. The summed E-state index contributed by atoms with van der Waals surface area (Å²) in [6.45, 7) is 0. The van der Waals surface area contributed by atoms with Crippen LogP contribution in [0.4, 0.5) is 0 Å². The van der Waals surface area contributed by atoms with Crippen molar-refractivity contribution in [2.75, 3.05) is 0 Å². The number of carboxylic acids is 1. The molecule has 0 saturated heterocycles. The number of aliphatic carboxylic acids is 1. The second-order valence-corrected chi connectivity index (χ2v) is 4.16. The van der Waals surface area contributed by atoms with E-state index < -0.39 is 35.6 Å². The van der Waals surface area contributed by atoms with Gasteiger partial charge in [0.15, 0.2) is 6.29 Å². The highest BCUT2D eigenvalue weighted by Gasteiger charge is 2.72. The average molecular weight is 216 g/mol. The minimum absolute atomic E-state index is 0.0443. The van der Waals surface area contributed by atoms with Crippen LogP contribution < -0.4 is 5.73 Å². The summed E-state index contributed by atoms with van der Waals surface area (Å²) < 4.78 is 0. The minimum atomic E-state index is -1.63. The average Bonchev–Trinajstić information content (AvgIpc) is 2.82. The second kappa shape index (κ2) is 2.91. The lowest BCUT2D eigenvalue weighted by molar-refractivity contribution is -0.144. The molecule has 0 aliphatic heterocycles. The molecule has 15 heavy (non-hydrogen) atoms. The topological polar surface area (TPSA) is 136 Å². The normalized spacial score (nSPS) is 45.9. The molecule has 0 aromatic heterocycles. The van der Waals surface area contributed by atoms with Crippen LogP contribution in [0, 0.1) is 17.8 Å². The van der Waals surface area contributed by atoms with Crippen LogP contribution in [0.1, 0.15) is 6.42 Å². The zero-order valence-electron chi connectivity index (χ0n) is 7.74. The first-order valence-electron chi connectivity index (χ1n) is 4.52. The van der Waals surface area contributed by atoms with E-state index in [4.69, 9.17) is 26.3 Å². The zero-order chi connectivity index (χ0) is 11.4. The molecule has 0 amide bonds. The van der Waals surface area contributed by atoms with Crippen molar-refractivity contribution in [2.24, 2.45) is 28.6 Å². The molecule has 6 N–H and O–H groups in total. The van der Waals surface area contributed by atoms with Gasteiger partial charge in [-0.25, -0.2) is 0 Å². The van der Waals surface area contributed by atoms with Crippen molar-refractivity contribution in [3.63, 3.8) is 0 Å². The van der Waals surface area contributed by atoms with Crippen LogP contribution in [0.3, 0.4) is 0 Å². The van der Waals surface area contributed by atoms with E-state index >= 15 is 0 Å². The molecule has 0 aromatic rings. The molecule has 0 aromatic carbocycles. The van der Waals surface area contributed by atoms with Crippen LogP contribution >= 0.6 is 0 Å². The fourth-order valence-corrected chi connectivity index (χ4v) is 2.65. The number of nitrogens with two attached hydrogens (primary N) is 1. The van der Waals surface area contributed by atoms with Crippen molar-refractivity contribution in [3.8, 4) is 0 Å². The Bertz CT molecular complexity index is 342. The standard InChI is InChI=1S/C8H12N2O5/c9-8(7(13)14)1-2(10-15)3-4(5(3)8)6(11)12/h3-6,11-12,15H,1,9H2,(H,13,14)/b10-2-. The maximum absolute atomic E-state index is 11.0. The predicted octanol–water partition coefficient (Wildman–Crippen LogP) is -1.82. The Balaban J connectivity index is 2.30. The van der Waals surface area contributed by atoms with Crippen molar-refractivity contribution in [1.29, 1.82) is 0 Å². The van der Waals surface area contributed by atoms with E-state index in [1.165, 1.54) is 0 Å². The summed E-state index contributed by atoms with van der Waals surface area (Å²) in [6.07, 6.45) is -1.67. The molecule has 2 saturated carbocycles. The number of fused-ring (bicyclic) bond motifs is 1. The quantitative estimate of drug-likeness (QED) is 0.209. The van der Waals surface area contributed by atoms with Gasteiger partial charge in [-0.05, 0) is 0 Å². The lowest BCUT2D eigenvalue weighted by atomic mass is 9.91. The first-order valence-corrected chi connectivity index (χ1v) is 4.52. The molecule has 2 aliphatic carbocycles. The summed E-state index contributed by atoms with van der Waals surface area (Å²) in [5.41, 5.74) is 4.37. The summed E-state index contributed by atoms with van der Waals surface area (Å²) in [7, 11) is 0. The van der Waals surface area contributed by atoms with E-state index in [1.54, 1.807) is 0 Å². The summed E-state index contributed by atoms with van der Waals surface area (Å²) >= 11 is 0. The third kappa shape index (κ3) is 1.17. The van der Waals surface area contributed by atoms with Crippen LogP contribution in [-0.4, -0.2) is 44.0 Å². The molecule has 0 spiro atoms. The molecule has 2 fully saturated rings. The second-order valence-electron chi connectivity index (χ2n) is 4.16. The Morgan fingerprint density at radius 1 is 1.60 bits per heavy atom. The maximum Gasteiger partial charge on any atom is 0.324 e. The highest BCUT2D eigenvalue weighted by Crippen LogP contribution is 2.60. The lowest BCUT2D eigenvalue weighted by Crippen LogP contribution is -2.50. The predicted molar refractivity (Wildman–Crippen MR) is 47.1 cm³/mol. The van der Waals surface area contributed by atoms with E-state index in [9.17, 15) is 4.79 Å². The monoisotopic (exact) mass is 216 g/mol. The highest BCUT2D eigenvalue weighted by molar-refractivity contribution is 6.01. The van der Waals surface area contributed by atoms with Crippen molar-refractivity contribution in [2.45, 2.75) is 18.2 Å². The molecular weight excluding hydrogens is 204 g/mol. The SMILES string of the molecule is NC1(C(=O)O)C/C(=N/O)C2C(C(O)O)C21. The van der Waals surface area contributed by atoms with Gasteiger partial charge in [-0.1, -0.05) is 5.16 Å². The smallest absolute Gasteiger partial charge is 0.324 e. The molecule has 0 heterocycles. The molecule has 7 nitrogen and oxygen atoms in total. The first kappa shape index (κ1) is 10.3. The third-order valence-corrected chi connectivity index (χ3v) is 3.40. The van der Waals surface area contributed by atoms with Crippen molar-refractivity contribution in [1.82, 2.24) is 0 Å². The van der Waals surface area contributed by atoms with Gasteiger partial charge in [0.25, 0.3) is 0 Å². The molecule has 84 valence electrons. The molecule has 4 unspecified atom stereocenters. The molecular formula is C8H12N2O5. The largest absolute Gasteiger partial charge is 0.480 e. The number of oxime groups is 1. The maximum atomic E-state index is 11.0. The summed E-state index contributed by atoms with van der Waals surface area (Å²) in [6, 6.07) is 0. The number of nitrogens with zero attached hydrogens (tertiary/aromatic N) is 1. The van der Waals surface area contributed by atoms with Crippen LogP contribution in [-0.2, 0) is 4.79 Å². The van der Waals surface area contributed by atoms with Crippen molar-refractivity contribution < 1.29 is 25.3 Å². The third-order valence-electron chi connectivity index (χ3n) is 3.40. The molecule has 7 heteroatoms. The number of hydrogen-bond acceptors (Lipinski definition) is 6. The molecule has 4 atom stereocenters. The first-order chi connectivity index (χ1) is 6.93. The van der Waals surface area contributed by atoms with Gasteiger partial charge in [-0.2, -0.15) is 0 Å². The van der Waals surface area contributed by atoms with Gasteiger partial charge >= 0.3 is 5.97 Å².